The number of nitrogens with zero attached hydrogens (tertiary/aromatic N) is 6. The highest BCUT2D eigenvalue weighted by atomic mass is 16.5. The lowest BCUT2D eigenvalue weighted by molar-refractivity contribution is -0.131. The zero-order valence-electron chi connectivity index (χ0n) is 16.2. The second kappa shape index (κ2) is 7.84. The van der Waals surface area contributed by atoms with Gasteiger partial charge in [0, 0.05) is 56.6 Å². The molecule has 28 heavy (non-hydrogen) atoms. The van der Waals surface area contributed by atoms with Crippen molar-refractivity contribution in [1.82, 2.24) is 24.6 Å². The van der Waals surface area contributed by atoms with E-state index in [-0.39, 0.29) is 5.91 Å². The molecule has 0 spiro atoms. The van der Waals surface area contributed by atoms with Crippen LogP contribution in [-0.4, -0.2) is 56.7 Å². The van der Waals surface area contributed by atoms with Crippen LogP contribution in [-0.2, 0) is 11.2 Å². The van der Waals surface area contributed by atoms with Gasteiger partial charge in [0.05, 0.1) is 5.69 Å². The number of carbonyl (C=O) groups is 1. The van der Waals surface area contributed by atoms with Gasteiger partial charge < -0.3 is 18.9 Å². The molecule has 146 valence electrons. The first-order valence-corrected chi connectivity index (χ1v) is 9.51. The van der Waals surface area contributed by atoms with Crippen LogP contribution in [0.3, 0.4) is 0 Å². The van der Waals surface area contributed by atoms with E-state index in [1.54, 1.807) is 6.33 Å². The summed E-state index contributed by atoms with van der Waals surface area (Å²) in [7, 11) is 0. The van der Waals surface area contributed by atoms with Crippen LogP contribution in [0.2, 0.25) is 0 Å². The minimum absolute atomic E-state index is 0.176. The second-order valence-electron chi connectivity index (χ2n) is 7.00. The summed E-state index contributed by atoms with van der Waals surface area (Å²) in [6.45, 7) is 6.73. The van der Waals surface area contributed by atoms with Crippen molar-refractivity contribution in [3.05, 3.63) is 53.9 Å². The van der Waals surface area contributed by atoms with Crippen LogP contribution in [0.15, 0.2) is 41.4 Å². The average molecular weight is 380 g/mol. The van der Waals surface area contributed by atoms with E-state index in [1.807, 2.05) is 53.9 Å². The molecule has 3 aromatic heterocycles. The highest BCUT2D eigenvalue weighted by Crippen LogP contribution is 2.18. The molecule has 0 saturated carbocycles. The number of rotatable bonds is 5. The first-order valence-electron chi connectivity index (χ1n) is 9.51. The third-order valence-corrected chi connectivity index (χ3v) is 5.23. The summed E-state index contributed by atoms with van der Waals surface area (Å²) < 4.78 is 7.14. The zero-order chi connectivity index (χ0) is 19.5. The van der Waals surface area contributed by atoms with Gasteiger partial charge in [-0.1, -0.05) is 5.16 Å². The number of carbonyl (C=O) groups excluding carboxylic acids is 1. The van der Waals surface area contributed by atoms with Crippen molar-refractivity contribution in [3.63, 3.8) is 0 Å². The molecule has 0 unspecified atom stereocenters. The lowest BCUT2D eigenvalue weighted by Crippen LogP contribution is -2.49. The van der Waals surface area contributed by atoms with Crippen LogP contribution in [0, 0.1) is 13.8 Å². The van der Waals surface area contributed by atoms with Crippen LogP contribution < -0.4 is 4.90 Å². The normalized spacial score (nSPS) is 14.5. The number of hydrogen-bond donors (Lipinski definition) is 0. The Hall–Kier alpha value is -3.16. The van der Waals surface area contributed by atoms with Gasteiger partial charge in [0.25, 0.3) is 0 Å². The molecule has 3 aromatic rings. The van der Waals surface area contributed by atoms with Crippen molar-refractivity contribution >= 4 is 11.7 Å². The Kier molecular flexibility index (Phi) is 5.10. The van der Waals surface area contributed by atoms with Crippen LogP contribution in [0.25, 0.3) is 5.82 Å². The molecule has 0 bridgehead atoms. The molecule has 1 amide bonds. The van der Waals surface area contributed by atoms with Crippen molar-refractivity contribution < 1.29 is 9.32 Å². The molecule has 1 fully saturated rings. The number of piperazine rings is 1. The Bertz CT molecular complexity index is 922. The van der Waals surface area contributed by atoms with E-state index in [4.69, 9.17) is 4.52 Å². The molecule has 8 nitrogen and oxygen atoms in total. The number of hydrogen-bond acceptors (Lipinski definition) is 6. The largest absolute Gasteiger partial charge is 0.361 e. The Balaban J connectivity index is 1.33. The third kappa shape index (κ3) is 3.76. The molecule has 4 heterocycles. The highest BCUT2D eigenvalue weighted by molar-refractivity contribution is 5.76. The summed E-state index contributed by atoms with van der Waals surface area (Å²) in [4.78, 5) is 25.5. The molecule has 4 rings (SSSR count). The van der Waals surface area contributed by atoms with E-state index in [0.29, 0.717) is 25.9 Å². The van der Waals surface area contributed by atoms with Crippen molar-refractivity contribution in [2.24, 2.45) is 0 Å². The minimum atomic E-state index is 0.176. The number of amides is 1. The van der Waals surface area contributed by atoms with Crippen LogP contribution >= 0.6 is 0 Å². The maximum Gasteiger partial charge on any atom is 0.223 e. The maximum atomic E-state index is 12.6. The van der Waals surface area contributed by atoms with Crippen molar-refractivity contribution in [1.29, 1.82) is 0 Å². The summed E-state index contributed by atoms with van der Waals surface area (Å²) in [5, 5.41) is 3.96. The van der Waals surface area contributed by atoms with Crippen molar-refractivity contribution in [3.8, 4) is 5.82 Å². The molecule has 1 aliphatic heterocycles. The lowest BCUT2D eigenvalue weighted by atomic mass is 10.1. The smallest absolute Gasteiger partial charge is 0.223 e. The SMILES string of the molecule is Cc1noc(C)c1CCC(=O)N1CCN(c2cc(-n3cccc3)ncn2)CC1. The minimum Gasteiger partial charge on any atom is -0.361 e. The van der Waals surface area contributed by atoms with E-state index in [1.165, 1.54) is 0 Å². The summed E-state index contributed by atoms with van der Waals surface area (Å²) in [6.07, 6.45) is 6.66. The molecule has 0 radical (unpaired) electrons. The van der Waals surface area contributed by atoms with Gasteiger partial charge in [-0.15, -0.1) is 0 Å². The number of anilines is 1. The van der Waals surface area contributed by atoms with Gasteiger partial charge in [0.2, 0.25) is 5.91 Å². The summed E-state index contributed by atoms with van der Waals surface area (Å²) in [5.41, 5.74) is 1.92. The van der Waals surface area contributed by atoms with Gasteiger partial charge in [-0.2, -0.15) is 0 Å². The van der Waals surface area contributed by atoms with Gasteiger partial charge >= 0.3 is 0 Å². The van der Waals surface area contributed by atoms with E-state index < -0.39 is 0 Å². The van der Waals surface area contributed by atoms with Crippen LogP contribution in [0.1, 0.15) is 23.4 Å². The highest BCUT2D eigenvalue weighted by Gasteiger charge is 2.23. The topological polar surface area (TPSA) is 80.3 Å². The Morgan fingerprint density at radius 1 is 1.07 bits per heavy atom. The summed E-state index contributed by atoms with van der Waals surface area (Å²) in [6, 6.07) is 5.92. The van der Waals surface area contributed by atoms with Crippen LogP contribution in [0.5, 0.6) is 0 Å². The Morgan fingerprint density at radius 2 is 1.79 bits per heavy atom. The van der Waals surface area contributed by atoms with E-state index in [0.717, 1.165) is 41.7 Å². The van der Waals surface area contributed by atoms with Gasteiger partial charge in [0.15, 0.2) is 0 Å². The predicted octanol–water partition coefficient (Wildman–Crippen LogP) is 2.15. The van der Waals surface area contributed by atoms with E-state index in [2.05, 4.69) is 20.0 Å². The monoisotopic (exact) mass is 380 g/mol. The summed E-state index contributed by atoms with van der Waals surface area (Å²) in [5.74, 6) is 2.71. The van der Waals surface area contributed by atoms with Crippen LogP contribution in [0.4, 0.5) is 5.82 Å². The van der Waals surface area contributed by atoms with Gasteiger partial charge in [-0.05, 0) is 32.4 Å². The lowest BCUT2D eigenvalue weighted by Gasteiger charge is -2.35. The zero-order valence-corrected chi connectivity index (χ0v) is 16.2. The molecular weight excluding hydrogens is 356 g/mol. The maximum absolute atomic E-state index is 12.6. The Labute approximate surface area is 163 Å². The number of aryl methyl sites for hydroxylation is 2. The average Bonchev–Trinajstić information content (AvgIpc) is 3.37. The molecule has 0 N–H and O–H groups in total. The third-order valence-electron chi connectivity index (χ3n) is 5.23. The number of aromatic nitrogens is 4. The van der Waals surface area contributed by atoms with Crippen molar-refractivity contribution in [2.45, 2.75) is 26.7 Å². The fraction of sp³-hybridized carbons (Fsp3) is 0.400. The van der Waals surface area contributed by atoms with Gasteiger partial charge in [0.1, 0.15) is 23.7 Å². The standard InChI is InChI=1S/C20H24N6O2/c1-15-17(16(2)28-23-15)5-6-20(27)26-11-9-25(10-12-26)19-13-18(21-14-22-19)24-7-3-4-8-24/h3-4,7-8,13-14H,5-6,9-12H2,1-2H3. The molecule has 0 atom stereocenters. The molecule has 1 saturated heterocycles. The quantitative estimate of drug-likeness (QED) is 0.675. The first kappa shape index (κ1) is 18.2. The van der Waals surface area contributed by atoms with Crippen molar-refractivity contribution in [2.75, 3.05) is 31.1 Å². The Morgan fingerprint density at radius 3 is 2.46 bits per heavy atom. The molecule has 0 aliphatic carbocycles. The molecule has 8 heteroatoms. The fourth-order valence-corrected chi connectivity index (χ4v) is 3.57. The fourth-order valence-electron chi connectivity index (χ4n) is 3.57. The molecule has 1 aliphatic rings. The summed E-state index contributed by atoms with van der Waals surface area (Å²) >= 11 is 0. The first-order chi connectivity index (χ1) is 13.6. The molecular formula is C20H24N6O2. The molecule has 0 aromatic carbocycles. The van der Waals surface area contributed by atoms with Gasteiger partial charge in [-0.25, -0.2) is 9.97 Å². The van der Waals surface area contributed by atoms with Gasteiger partial charge in [-0.3, -0.25) is 4.79 Å². The van der Waals surface area contributed by atoms with E-state index >= 15 is 0 Å². The predicted molar refractivity (Wildman–Crippen MR) is 104 cm³/mol. The second-order valence-corrected chi connectivity index (χ2v) is 7.00. The van der Waals surface area contributed by atoms with E-state index in [9.17, 15) is 4.79 Å².